The van der Waals surface area contributed by atoms with E-state index in [1.54, 1.807) is 6.07 Å². The van der Waals surface area contributed by atoms with Crippen molar-refractivity contribution in [3.8, 4) is 11.4 Å². The zero-order chi connectivity index (χ0) is 14.8. The molecule has 2 aromatic rings. The number of halogens is 1. The van der Waals surface area contributed by atoms with Crippen molar-refractivity contribution in [2.45, 2.75) is 26.2 Å². The molecular weight excluding hydrogens is 265 g/mol. The van der Waals surface area contributed by atoms with Crippen LogP contribution in [-0.2, 0) is 12.8 Å². The van der Waals surface area contributed by atoms with Crippen molar-refractivity contribution in [3.63, 3.8) is 0 Å². The Morgan fingerprint density at radius 3 is 3.05 bits per heavy atom. The van der Waals surface area contributed by atoms with E-state index >= 15 is 0 Å². The summed E-state index contributed by atoms with van der Waals surface area (Å²) in [6.07, 6.45) is 5.07. The van der Waals surface area contributed by atoms with Crippen LogP contribution in [0.15, 0.2) is 24.4 Å². The monoisotopic (exact) mass is 285 g/mol. The Bertz CT molecular complexity index is 654. The normalized spacial score (nSPS) is 17.6. The molecule has 1 aliphatic carbocycles. The largest absolute Gasteiger partial charge is 0.319 e. The Morgan fingerprint density at radius 1 is 1.38 bits per heavy atom. The number of rotatable bonds is 3. The van der Waals surface area contributed by atoms with Gasteiger partial charge in [-0.3, -0.25) is 0 Å². The maximum Gasteiger partial charge on any atom is 0.159 e. The lowest BCUT2D eigenvalue weighted by Gasteiger charge is -2.23. The molecule has 1 aromatic heterocycles. The van der Waals surface area contributed by atoms with Crippen LogP contribution in [0.3, 0.4) is 0 Å². The minimum Gasteiger partial charge on any atom is -0.319 e. The first kappa shape index (κ1) is 14.1. The summed E-state index contributed by atoms with van der Waals surface area (Å²) in [5, 5.41) is 3.24. The van der Waals surface area contributed by atoms with Gasteiger partial charge in [0.2, 0.25) is 0 Å². The zero-order valence-corrected chi connectivity index (χ0v) is 12.5. The Hall–Kier alpha value is -1.81. The molecule has 0 saturated carbocycles. The number of fused-ring (bicyclic) bond motifs is 1. The van der Waals surface area contributed by atoms with Crippen LogP contribution in [0, 0.1) is 18.7 Å². The van der Waals surface area contributed by atoms with Crippen LogP contribution in [0.25, 0.3) is 11.4 Å². The highest BCUT2D eigenvalue weighted by Gasteiger charge is 2.20. The van der Waals surface area contributed by atoms with Crippen molar-refractivity contribution in [1.82, 2.24) is 15.3 Å². The third kappa shape index (κ3) is 2.95. The van der Waals surface area contributed by atoms with E-state index in [1.165, 1.54) is 17.7 Å². The molecule has 0 radical (unpaired) electrons. The third-order valence-corrected chi connectivity index (χ3v) is 4.19. The van der Waals surface area contributed by atoms with Gasteiger partial charge in [0, 0.05) is 17.5 Å². The summed E-state index contributed by atoms with van der Waals surface area (Å²) in [6, 6.07) is 4.76. The van der Waals surface area contributed by atoms with Gasteiger partial charge in [0.15, 0.2) is 5.82 Å². The Labute approximate surface area is 124 Å². The molecule has 0 spiro atoms. The fourth-order valence-corrected chi connectivity index (χ4v) is 3.01. The average molecular weight is 285 g/mol. The van der Waals surface area contributed by atoms with Crippen LogP contribution < -0.4 is 5.32 Å². The summed E-state index contributed by atoms with van der Waals surface area (Å²) in [5.41, 5.74) is 4.14. The van der Waals surface area contributed by atoms with Crippen molar-refractivity contribution in [2.24, 2.45) is 5.92 Å². The first-order valence-electron chi connectivity index (χ1n) is 7.43. The number of benzene rings is 1. The number of aryl methyl sites for hydroxylation is 2. The molecule has 1 unspecified atom stereocenters. The quantitative estimate of drug-likeness (QED) is 0.942. The first-order chi connectivity index (χ1) is 10.2. The smallest absolute Gasteiger partial charge is 0.159 e. The highest BCUT2D eigenvalue weighted by molar-refractivity contribution is 5.60. The van der Waals surface area contributed by atoms with Crippen molar-refractivity contribution < 1.29 is 4.39 Å². The van der Waals surface area contributed by atoms with E-state index in [9.17, 15) is 4.39 Å². The van der Waals surface area contributed by atoms with Crippen molar-refractivity contribution in [1.29, 1.82) is 0 Å². The van der Waals surface area contributed by atoms with Gasteiger partial charge in [-0.1, -0.05) is 6.07 Å². The summed E-state index contributed by atoms with van der Waals surface area (Å²) in [5.74, 6) is 1.05. The molecule has 3 nitrogen and oxygen atoms in total. The maximum atomic E-state index is 13.4. The van der Waals surface area contributed by atoms with Gasteiger partial charge in [0.25, 0.3) is 0 Å². The molecule has 1 aromatic carbocycles. The lowest BCUT2D eigenvalue weighted by Crippen LogP contribution is -2.25. The van der Waals surface area contributed by atoms with Gasteiger partial charge >= 0.3 is 0 Å². The molecule has 110 valence electrons. The number of hydrogen-bond donors (Lipinski definition) is 1. The molecule has 1 N–H and O–H groups in total. The van der Waals surface area contributed by atoms with Gasteiger partial charge in [0.05, 0.1) is 0 Å². The van der Waals surface area contributed by atoms with Crippen LogP contribution in [0.1, 0.15) is 23.2 Å². The highest BCUT2D eigenvalue weighted by atomic mass is 19.1. The molecule has 1 heterocycles. The molecule has 0 saturated heterocycles. The van der Waals surface area contributed by atoms with Crippen LogP contribution in [0.4, 0.5) is 4.39 Å². The molecule has 21 heavy (non-hydrogen) atoms. The second-order valence-corrected chi connectivity index (χ2v) is 5.79. The van der Waals surface area contributed by atoms with Gasteiger partial charge in [-0.2, -0.15) is 0 Å². The Kier molecular flexibility index (Phi) is 3.97. The molecule has 0 amide bonds. The molecule has 1 atom stereocenters. The molecule has 4 heteroatoms. The van der Waals surface area contributed by atoms with E-state index in [0.717, 1.165) is 42.6 Å². The third-order valence-electron chi connectivity index (χ3n) is 4.19. The van der Waals surface area contributed by atoms with Crippen LogP contribution in [0.5, 0.6) is 0 Å². The second kappa shape index (κ2) is 5.90. The summed E-state index contributed by atoms with van der Waals surface area (Å²) in [6.45, 7) is 2.99. The van der Waals surface area contributed by atoms with Crippen LogP contribution in [-0.4, -0.2) is 23.6 Å². The number of nitrogens with zero attached hydrogens (tertiary/aromatic N) is 2. The topological polar surface area (TPSA) is 37.8 Å². The van der Waals surface area contributed by atoms with Crippen molar-refractivity contribution in [3.05, 3.63) is 47.0 Å². The maximum absolute atomic E-state index is 13.4. The SMILES string of the molecule is CNCC1CCc2nc(-c3cc(F)ccc3C)ncc2C1. The number of nitrogens with one attached hydrogen (secondary N) is 1. The summed E-state index contributed by atoms with van der Waals surface area (Å²) in [4.78, 5) is 9.14. The Balaban J connectivity index is 1.92. The lowest BCUT2D eigenvalue weighted by molar-refractivity contribution is 0.434. The van der Waals surface area contributed by atoms with E-state index in [4.69, 9.17) is 0 Å². The van der Waals surface area contributed by atoms with Crippen molar-refractivity contribution >= 4 is 0 Å². The van der Waals surface area contributed by atoms with Gasteiger partial charge in [-0.25, -0.2) is 14.4 Å². The van der Waals surface area contributed by atoms with E-state index in [2.05, 4.69) is 15.3 Å². The Morgan fingerprint density at radius 2 is 2.24 bits per heavy atom. The fraction of sp³-hybridized carbons (Fsp3) is 0.412. The predicted molar refractivity (Wildman–Crippen MR) is 81.6 cm³/mol. The standard InChI is InChI=1S/C17H20FN3/c1-11-3-5-14(18)8-15(11)17-20-10-13-7-12(9-19-2)4-6-16(13)21-17/h3,5,8,10,12,19H,4,6-7,9H2,1-2H3. The number of aromatic nitrogens is 2. The number of hydrogen-bond acceptors (Lipinski definition) is 3. The van der Waals surface area contributed by atoms with E-state index < -0.39 is 0 Å². The minimum atomic E-state index is -0.244. The van der Waals surface area contributed by atoms with E-state index in [-0.39, 0.29) is 5.82 Å². The van der Waals surface area contributed by atoms with E-state index in [0.29, 0.717) is 11.7 Å². The first-order valence-corrected chi connectivity index (χ1v) is 7.43. The zero-order valence-electron chi connectivity index (χ0n) is 12.5. The van der Waals surface area contributed by atoms with Crippen LogP contribution in [0.2, 0.25) is 0 Å². The van der Waals surface area contributed by atoms with E-state index in [1.807, 2.05) is 20.2 Å². The molecular formula is C17H20FN3. The minimum absolute atomic E-state index is 0.244. The lowest BCUT2D eigenvalue weighted by atomic mass is 9.87. The van der Waals surface area contributed by atoms with Gasteiger partial charge in [0.1, 0.15) is 5.82 Å². The summed E-state index contributed by atoms with van der Waals surface area (Å²) >= 11 is 0. The second-order valence-electron chi connectivity index (χ2n) is 5.79. The fourth-order valence-electron chi connectivity index (χ4n) is 3.01. The highest BCUT2D eigenvalue weighted by Crippen LogP contribution is 2.27. The van der Waals surface area contributed by atoms with Crippen LogP contribution >= 0.6 is 0 Å². The predicted octanol–water partition coefficient (Wildman–Crippen LogP) is 2.92. The molecule has 0 aliphatic heterocycles. The van der Waals surface area contributed by atoms with Crippen molar-refractivity contribution in [2.75, 3.05) is 13.6 Å². The molecule has 0 bridgehead atoms. The molecule has 0 fully saturated rings. The molecule has 3 rings (SSSR count). The van der Waals surface area contributed by atoms with Gasteiger partial charge < -0.3 is 5.32 Å². The van der Waals surface area contributed by atoms with Gasteiger partial charge in [-0.15, -0.1) is 0 Å². The summed E-state index contributed by atoms with van der Waals surface area (Å²) in [7, 11) is 1.99. The van der Waals surface area contributed by atoms with Gasteiger partial charge in [-0.05, 0) is 69.0 Å². The average Bonchev–Trinajstić information content (AvgIpc) is 2.49. The molecule has 1 aliphatic rings. The summed E-state index contributed by atoms with van der Waals surface area (Å²) < 4.78 is 13.4.